The Balaban J connectivity index is 2.34. The van der Waals surface area contributed by atoms with E-state index in [1.807, 2.05) is 17.0 Å². The molecule has 1 atom stereocenters. The standard InChI is InChI=1S/C14H19BrN4O3/c1-16-14(5-8-20)10-18(6-2-7-19(14)13(21)22)12-4-3-11(15)9-17-12/h3-4,8-9,16H,2,5-7,10H2,1H3,(H,21,22). The summed E-state index contributed by atoms with van der Waals surface area (Å²) < 4.78 is 0.881. The Hall–Kier alpha value is -1.67. The minimum atomic E-state index is -1.03. The molecule has 0 aromatic carbocycles. The summed E-state index contributed by atoms with van der Waals surface area (Å²) in [6, 6.07) is 3.77. The van der Waals surface area contributed by atoms with Crippen LogP contribution in [0.1, 0.15) is 12.8 Å². The lowest BCUT2D eigenvalue weighted by Gasteiger charge is -2.41. The number of pyridine rings is 1. The normalized spacial score (nSPS) is 22.3. The Morgan fingerprint density at radius 2 is 2.32 bits per heavy atom. The summed E-state index contributed by atoms with van der Waals surface area (Å²) in [7, 11) is 1.68. The first-order valence-electron chi connectivity index (χ1n) is 7.02. The molecule has 1 aromatic rings. The molecule has 1 aromatic heterocycles. The lowest BCUT2D eigenvalue weighted by atomic mass is 10.0. The predicted molar refractivity (Wildman–Crippen MR) is 86.0 cm³/mol. The van der Waals surface area contributed by atoms with Gasteiger partial charge in [-0.3, -0.25) is 10.2 Å². The number of nitrogens with one attached hydrogen (secondary N) is 1. The number of halogens is 1. The van der Waals surface area contributed by atoms with E-state index in [9.17, 15) is 14.7 Å². The molecule has 1 aliphatic heterocycles. The Kier molecular flexibility index (Phi) is 5.36. The molecule has 7 nitrogen and oxygen atoms in total. The highest BCUT2D eigenvalue weighted by Crippen LogP contribution is 2.25. The fourth-order valence-corrected chi connectivity index (χ4v) is 3.01. The highest BCUT2D eigenvalue weighted by atomic mass is 79.9. The molecule has 22 heavy (non-hydrogen) atoms. The van der Waals surface area contributed by atoms with Gasteiger partial charge in [0.25, 0.3) is 0 Å². The van der Waals surface area contributed by atoms with Crippen molar-refractivity contribution in [3.63, 3.8) is 0 Å². The van der Waals surface area contributed by atoms with Crippen LogP contribution in [-0.2, 0) is 4.79 Å². The molecule has 0 aliphatic carbocycles. The minimum absolute atomic E-state index is 0.0861. The Labute approximate surface area is 137 Å². The van der Waals surface area contributed by atoms with Crippen LogP contribution in [0.25, 0.3) is 0 Å². The number of anilines is 1. The number of hydrogen-bond donors (Lipinski definition) is 2. The van der Waals surface area contributed by atoms with E-state index in [1.165, 1.54) is 4.90 Å². The number of rotatable bonds is 4. The third-order valence-electron chi connectivity index (χ3n) is 3.93. The van der Waals surface area contributed by atoms with Crippen LogP contribution in [0.15, 0.2) is 22.8 Å². The van der Waals surface area contributed by atoms with E-state index < -0.39 is 11.8 Å². The Morgan fingerprint density at radius 1 is 1.55 bits per heavy atom. The molecule has 1 aliphatic rings. The molecule has 0 spiro atoms. The molecule has 8 heteroatoms. The van der Waals surface area contributed by atoms with Crippen LogP contribution in [-0.4, -0.2) is 59.7 Å². The Bertz CT molecular complexity index is 539. The van der Waals surface area contributed by atoms with Crippen molar-refractivity contribution in [3.05, 3.63) is 22.8 Å². The largest absolute Gasteiger partial charge is 0.465 e. The number of carboxylic acid groups (broad SMARTS) is 1. The van der Waals surface area contributed by atoms with Gasteiger partial charge in [-0.2, -0.15) is 0 Å². The average molecular weight is 371 g/mol. The Morgan fingerprint density at radius 3 is 2.86 bits per heavy atom. The maximum Gasteiger partial charge on any atom is 0.408 e. The maximum atomic E-state index is 11.6. The van der Waals surface area contributed by atoms with Crippen molar-refractivity contribution in [2.45, 2.75) is 18.5 Å². The summed E-state index contributed by atoms with van der Waals surface area (Å²) in [5.74, 6) is 0.765. The highest BCUT2D eigenvalue weighted by Gasteiger charge is 2.41. The predicted octanol–water partition coefficient (Wildman–Crippen LogP) is 1.54. The van der Waals surface area contributed by atoms with Crippen molar-refractivity contribution in [1.82, 2.24) is 15.2 Å². The average Bonchev–Trinajstić information content (AvgIpc) is 2.69. The first-order chi connectivity index (χ1) is 10.5. The molecule has 0 bridgehead atoms. The van der Waals surface area contributed by atoms with Crippen molar-refractivity contribution >= 4 is 34.1 Å². The molecule has 1 saturated heterocycles. The third-order valence-corrected chi connectivity index (χ3v) is 4.40. The molecular formula is C14H19BrN4O3. The molecule has 0 radical (unpaired) electrons. The molecule has 120 valence electrons. The molecule has 1 amide bonds. The quantitative estimate of drug-likeness (QED) is 0.781. The van der Waals surface area contributed by atoms with E-state index in [-0.39, 0.29) is 6.42 Å². The van der Waals surface area contributed by atoms with Gasteiger partial charge in [0.1, 0.15) is 17.8 Å². The zero-order chi connectivity index (χ0) is 16.2. The first-order valence-corrected chi connectivity index (χ1v) is 7.81. The number of carbonyl (C=O) groups excluding carboxylic acids is 1. The molecule has 1 unspecified atom stereocenters. The second-order valence-electron chi connectivity index (χ2n) is 5.20. The van der Waals surface area contributed by atoms with Gasteiger partial charge < -0.3 is 14.8 Å². The van der Waals surface area contributed by atoms with Gasteiger partial charge >= 0.3 is 6.09 Å². The van der Waals surface area contributed by atoms with Crippen LogP contribution in [0.5, 0.6) is 0 Å². The monoisotopic (exact) mass is 370 g/mol. The van der Waals surface area contributed by atoms with Crippen molar-refractivity contribution in [2.75, 3.05) is 31.6 Å². The zero-order valence-electron chi connectivity index (χ0n) is 12.3. The number of likely N-dealkylation sites (N-methyl/N-ethyl adjacent to an activating group) is 1. The number of amides is 1. The zero-order valence-corrected chi connectivity index (χ0v) is 13.9. The first kappa shape index (κ1) is 16.7. The molecule has 1 fully saturated rings. The lowest BCUT2D eigenvalue weighted by molar-refractivity contribution is -0.110. The van der Waals surface area contributed by atoms with E-state index >= 15 is 0 Å². The summed E-state index contributed by atoms with van der Waals surface area (Å²) in [5.41, 5.74) is -0.946. The second kappa shape index (κ2) is 7.06. The molecule has 2 N–H and O–H groups in total. The second-order valence-corrected chi connectivity index (χ2v) is 6.11. The molecule has 2 heterocycles. The van der Waals surface area contributed by atoms with E-state index in [0.29, 0.717) is 26.1 Å². The van der Waals surface area contributed by atoms with Crippen molar-refractivity contribution < 1.29 is 14.7 Å². The van der Waals surface area contributed by atoms with E-state index in [0.717, 1.165) is 16.6 Å². The van der Waals surface area contributed by atoms with Gasteiger partial charge in [-0.15, -0.1) is 0 Å². The minimum Gasteiger partial charge on any atom is -0.465 e. The van der Waals surface area contributed by atoms with Gasteiger partial charge in [-0.25, -0.2) is 9.78 Å². The van der Waals surface area contributed by atoms with Crippen LogP contribution in [0, 0.1) is 0 Å². The summed E-state index contributed by atoms with van der Waals surface area (Å²) >= 11 is 3.35. The van der Waals surface area contributed by atoms with Crippen LogP contribution in [0.2, 0.25) is 0 Å². The van der Waals surface area contributed by atoms with E-state index in [4.69, 9.17) is 0 Å². The van der Waals surface area contributed by atoms with Gasteiger partial charge in [0.05, 0.1) is 6.54 Å². The van der Waals surface area contributed by atoms with Crippen LogP contribution < -0.4 is 10.2 Å². The summed E-state index contributed by atoms with van der Waals surface area (Å²) in [6.07, 6.45) is 2.19. The molecule has 2 rings (SSSR count). The summed E-state index contributed by atoms with van der Waals surface area (Å²) in [6.45, 7) is 1.42. The smallest absolute Gasteiger partial charge is 0.408 e. The fourth-order valence-electron chi connectivity index (χ4n) is 2.77. The van der Waals surface area contributed by atoms with Crippen molar-refractivity contribution in [3.8, 4) is 0 Å². The lowest BCUT2D eigenvalue weighted by Crippen LogP contribution is -2.64. The molecule has 0 saturated carbocycles. The number of carbonyl (C=O) groups is 2. The number of hydrogen-bond acceptors (Lipinski definition) is 5. The van der Waals surface area contributed by atoms with E-state index in [2.05, 4.69) is 26.2 Å². The fraction of sp³-hybridized carbons (Fsp3) is 0.500. The van der Waals surface area contributed by atoms with Crippen LogP contribution >= 0.6 is 15.9 Å². The number of aromatic nitrogens is 1. The third kappa shape index (κ3) is 3.38. The van der Waals surface area contributed by atoms with E-state index in [1.54, 1.807) is 13.2 Å². The number of nitrogens with zero attached hydrogens (tertiary/aromatic N) is 3. The van der Waals surface area contributed by atoms with Gasteiger partial charge in [0, 0.05) is 30.2 Å². The van der Waals surface area contributed by atoms with Gasteiger partial charge in [-0.1, -0.05) is 0 Å². The number of aldehydes is 1. The molecular weight excluding hydrogens is 352 g/mol. The van der Waals surface area contributed by atoms with Gasteiger partial charge in [-0.05, 0) is 41.5 Å². The van der Waals surface area contributed by atoms with Crippen LogP contribution in [0.3, 0.4) is 0 Å². The SMILES string of the molecule is CNC1(CC=O)CN(c2ccc(Br)cn2)CCCN1C(=O)O. The van der Waals surface area contributed by atoms with Crippen molar-refractivity contribution in [2.24, 2.45) is 0 Å². The van der Waals surface area contributed by atoms with Crippen molar-refractivity contribution in [1.29, 1.82) is 0 Å². The maximum absolute atomic E-state index is 11.6. The van der Waals surface area contributed by atoms with Gasteiger partial charge in [0.15, 0.2) is 0 Å². The summed E-state index contributed by atoms with van der Waals surface area (Å²) in [5, 5.41) is 12.5. The highest BCUT2D eigenvalue weighted by molar-refractivity contribution is 9.10. The summed E-state index contributed by atoms with van der Waals surface area (Å²) in [4.78, 5) is 30.4. The van der Waals surface area contributed by atoms with Crippen LogP contribution in [0.4, 0.5) is 10.6 Å². The van der Waals surface area contributed by atoms with Gasteiger partial charge in [0.2, 0.25) is 0 Å². The topological polar surface area (TPSA) is 85.8 Å².